The van der Waals surface area contributed by atoms with Crippen molar-refractivity contribution in [3.63, 3.8) is 0 Å². The van der Waals surface area contributed by atoms with E-state index in [1.807, 2.05) is 29.2 Å². The molecule has 3 heterocycles. The van der Waals surface area contributed by atoms with Gasteiger partial charge in [0.25, 0.3) is 0 Å². The Labute approximate surface area is 149 Å². The van der Waals surface area contributed by atoms with Gasteiger partial charge in [0.05, 0.1) is 13.5 Å². The molecule has 1 saturated heterocycles. The zero-order chi connectivity index (χ0) is 17.2. The quantitative estimate of drug-likeness (QED) is 0.715. The molecular formula is C17H19N5O2S. The minimum atomic E-state index is 0.182. The molecule has 0 saturated carbocycles. The summed E-state index contributed by atoms with van der Waals surface area (Å²) in [6, 6.07) is 7.68. The molecule has 0 spiro atoms. The number of rotatable bonds is 4. The van der Waals surface area contributed by atoms with Crippen LogP contribution in [-0.4, -0.2) is 50.8 Å². The Bertz CT molecular complexity index is 836. The van der Waals surface area contributed by atoms with Crippen molar-refractivity contribution in [2.45, 2.75) is 25.2 Å². The van der Waals surface area contributed by atoms with Crippen LogP contribution < -0.4 is 4.74 Å². The van der Waals surface area contributed by atoms with Crippen LogP contribution in [0.4, 0.5) is 0 Å². The van der Waals surface area contributed by atoms with Gasteiger partial charge >= 0.3 is 0 Å². The lowest BCUT2D eigenvalue weighted by atomic mass is 9.97. The smallest absolute Gasteiger partial charge is 0.234 e. The lowest BCUT2D eigenvalue weighted by molar-refractivity contribution is -0.131. The summed E-state index contributed by atoms with van der Waals surface area (Å²) in [5, 5.41) is 13.5. The summed E-state index contributed by atoms with van der Waals surface area (Å²) < 4.78 is 6.87. The van der Waals surface area contributed by atoms with Crippen molar-refractivity contribution in [2.75, 3.05) is 20.2 Å². The number of piperidine rings is 1. The lowest BCUT2D eigenvalue weighted by Crippen LogP contribution is -2.38. The number of likely N-dealkylation sites (tertiary alicyclic amines) is 1. The zero-order valence-corrected chi connectivity index (χ0v) is 14.8. The molecule has 0 aliphatic carbocycles. The summed E-state index contributed by atoms with van der Waals surface area (Å²) in [6.07, 6.45) is 3.95. The molecule has 1 fully saturated rings. The van der Waals surface area contributed by atoms with E-state index < -0.39 is 0 Å². The minimum Gasteiger partial charge on any atom is -0.497 e. The van der Waals surface area contributed by atoms with Gasteiger partial charge in [-0.05, 0) is 30.5 Å². The van der Waals surface area contributed by atoms with Crippen LogP contribution in [0.25, 0.3) is 4.96 Å². The minimum absolute atomic E-state index is 0.182. The molecular weight excluding hydrogens is 338 g/mol. The van der Waals surface area contributed by atoms with E-state index in [4.69, 9.17) is 4.74 Å². The highest BCUT2D eigenvalue weighted by molar-refractivity contribution is 7.16. The van der Waals surface area contributed by atoms with Gasteiger partial charge < -0.3 is 9.64 Å². The van der Waals surface area contributed by atoms with E-state index in [9.17, 15) is 4.79 Å². The summed E-state index contributed by atoms with van der Waals surface area (Å²) in [4.78, 5) is 15.3. The number of aromatic nitrogens is 4. The molecule has 1 aliphatic rings. The number of hydrogen-bond donors (Lipinski definition) is 0. The normalized spacial score (nSPS) is 15.6. The Balaban J connectivity index is 1.34. The van der Waals surface area contributed by atoms with Crippen molar-refractivity contribution in [2.24, 2.45) is 0 Å². The Morgan fingerprint density at radius 3 is 2.72 bits per heavy atom. The standard InChI is InChI=1S/C17H19N5O2S/c1-24-14-4-2-12(3-5-14)10-15(23)21-8-6-13(7-9-21)16-20-22-11-18-19-17(22)25-16/h2-5,11,13H,6-10H2,1H3. The van der Waals surface area contributed by atoms with Gasteiger partial charge in [-0.1, -0.05) is 23.5 Å². The number of carbonyl (C=O) groups is 1. The lowest BCUT2D eigenvalue weighted by Gasteiger charge is -2.31. The average molecular weight is 357 g/mol. The van der Waals surface area contributed by atoms with Gasteiger partial charge in [-0.15, -0.1) is 10.2 Å². The largest absolute Gasteiger partial charge is 0.497 e. The predicted octanol–water partition coefficient (Wildman–Crippen LogP) is 2.14. The maximum Gasteiger partial charge on any atom is 0.234 e. The van der Waals surface area contributed by atoms with Crippen molar-refractivity contribution in [1.29, 1.82) is 0 Å². The fourth-order valence-electron chi connectivity index (χ4n) is 3.15. The molecule has 130 valence electrons. The number of nitrogens with zero attached hydrogens (tertiary/aromatic N) is 5. The van der Waals surface area contributed by atoms with Crippen molar-refractivity contribution in [3.05, 3.63) is 41.2 Å². The predicted molar refractivity (Wildman–Crippen MR) is 93.9 cm³/mol. The highest BCUT2D eigenvalue weighted by Gasteiger charge is 2.26. The number of amides is 1. The van der Waals surface area contributed by atoms with Crippen molar-refractivity contribution in [3.8, 4) is 5.75 Å². The Morgan fingerprint density at radius 1 is 1.28 bits per heavy atom. The van der Waals surface area contributed by atoms with E-state index in [0.29, 0.717) is 12.3 Å². The fourth-order valence-corrected chi connectivity index (χ4v) is 4.13. The van der Waals surface area contributed by atoms with Crippen molar-refractivity contribution in [1.82, 2.24) is 24.7 Å². The Morgan fingerprint density at radius 2 is 2.04 bits per heavy atom. The van der Waals surface area contributed by atoms with Gasteiger partial charge in [-0.3, -0.25) is 4.79 Å². The van der Waals surface area contributed by atoms with Crippen LogP contribution >= 0.6 is 11.3 Å². The maximum absolute atomic E-state index is 12.5. The van der Waals surface area contributed by atoms with Crippen LogP contribution in [0.1, 0.15) is 29.3 Å². The molecule has 25 heavy (non-hydrogen) atoms. The summed E-state index contributed by atoms with van der Waals surface area (Å²) in [5.74, 6) is 1.39. The van der Waals surface area contributed by atoms with Crippen LogP contribution in [0.3, 0.4) is 0 Å². The van der Waals surface area contributed by atoms with Crippen LogP contribution in [0.2, 0.25) is 0 Å². The topological polar surface area (TPSA) is 72.6 Å². The molecule has 7 nitrogen and oxygen atoms in total. The number of fused-ring (bicyclic) bond motifs is 1. The van der Waals surface area contributed by atoms with Gasteiger partial charge in [0.2, 0.25) is 10.9 Å². The Hall–Kier alpha value is -2.48. The number of ether oxygens (including phenoxy) is 1. The second-order valence-corrected chi connectivity index (χ2v) is 7.17. The van der Waals surface area contributed by atoms with Crippen LogP contribution in [0.5, 0.6) is 5.75 Å². The monoisotopic (exact) mass is 357 g/mol. The Kier molecular flexibility index (Phi) is 4.35. The average Bonchev–Trinajstić information content (AvgIpc) is 3.24. The number of benzene rings is 1. The first kappa shape index (κ1) is 16.0. The van der Waals surface area contributed by atoms with Crippen LogP contribution in [-0.2, 0) is 11.2 Å². The third-order valence-corrected chi connectivity index (χ3v) is 5.69. The van der Waals surface area contributed by atoms with Crippen molar-refractivity contribution < 1.29 is 9.53 Å². The first-order valence-electron chi connectivity index (χ1n) is 8.30. The molecule has 2 aromatic heterocycles. The van der Waals surface area contributed by atoms with E-state index in [1.165, 1.54) is 0 Å². The summed E-state index contributed by atoms with van der Waals surface area (Å²) >= 11 is 1.59. The first-order chi connectivity index (χ1) is 12.2. The second-order valence-electron chi connectivity index (χ2n) is 6.18. The van der Waals surface area contributed by atoms with Crippen molar-refractivity contribution >= 4 is 22.2 Å². The zero-order valence-electron chi connectivity index (χ0n) is 14.0. The molecule has 0 bridgehead atoms. The molecule has 1 aromatic carbocycles. The van der Waals surface area contributed by atoms with Gasteiger partial charge in [0.1, 0.15) is 17.1 Å². The molecule has 8 heteroatoms. The van der Waals surface area contributed by atoms with E-state index in [-0.39, 0.29) is 5.91 Å². The van der Waals surface area contributed by atoms with Crippen LogP contribution in [0, 0.1) is 0 Å². The van der Waals surface area contributed by atoms with Gasteiger partial charge in [0, 0.05) is 19.0 Å². The van der Waals surface area contributed by atoms with E-state index in [0.717, 1.165) is 47.2 Å². The third-order valence-electron chi connectivity index (χ3n) is 4.61. The molecule has 0 atom stereocenters. The van der Waals surface area contributed by atoms with E-state index in [1.54, 1.807) is 29.3 Å². The van der Waals surface area contributed by atoms with Gasteiger partial charge in [-0.2, -0.15) is 9.61 Å². The van der Waals surface area contributed by atoms with E-state index >= 15 is 0 Å². The molecule has 1 aliphatic heterocycles. The molecule has 0 unspecified atom stereocenters. The molecule has 3 aromatic rings. The summed E-state index contributed by atoms with van der Waals surface area (Å²) in [5.41, 5.74) is 1.02. The van der Waals surface area contributed by atoms with Gasteiger partial charge in [0.15, 0.2) is 0 Å². The molecule has 0 N–H and O–H groups in total. The molecule has 0 radical (unpaired) electrons. The van der Waals surface area contributed by atoms with E-state index in [2.05, 4.69) is 15.3 Å². The SMILES string of the molecule is COc1ccc(CC(=O)N2CCC(c3nn4cnnc4s3)CC2)cc1. The summed E-state index contributed by atoms with van der Waals surface area (Å²) in [7, 11) is 1.64. The number of hydrogen-bond acceptors (Lipinski definition) is 6. The fraction of sp³-hybridized carbons (Fsp3) is 0.412. The molecule has 4 rings (SSSR count). The number of carbonyl (C=O) groups excluding carboxylic acids is 1. The highest BCUT2D eigenvalue weighted by Crippen LogP contribution is 2.31. The number of methoxy groups -OCH3 is 1. The highest BCUT2D eigenvalue weighted by atomic mass is 32.1. The maximum atomic E-state index is 12.5. The second kappa shape index (κ2) is 6.79. The van der Waals surface area contributed by atoms with Crippen LogP contribution in [0.15, 0.2) is 30.6 Å². The third kappa shape index (κ3) is 3.34. The van der Waals surface area contributed by atoms with Gasteiger partial charge in [-0.25, -0.2) is 0 Å². The molecule has 1 amide bonds. The summed E-state index contributed by atoms with van der Waals surface area (Å²) in [6.45, 7) is 1.56. The first-order valence-corrected chi connectivity index (χ1v) is 9.12.